The van der Waals surface area contributed by atoms with Crippen LogP contribution in [-0.2, 0) is 9.84 Å². The first-order chi connectivity index (χ1) is 8.85. The lowest BCUT2D eigenvalue weighted by Gasteiger charge is -2.10. The smallest absolute Gasteiger partial charge is 0.274 e. The van der Waals surface area contributed by atoms with Gasteiger partial charge in [0.05, 0.1) is 22.5 Å². The van der Waals surface area contributed by atoms with Crippen LogP contribution in [0.1, 0.15) is 6.42 Å². The van der Waals surface area contributed by atoms with Crippen LogP contribution in [0.15, 0.2) is 18.2 Å². The number of nitro benzene ring substituents is 1. The second-order valence-corrected chi connectivity index (χ2v) is 6.83. The first kappa shape index (κ1) is 13.7. The van der Waals surface area contributed by atoms with E-state index < -0.39 is 20.6 Å². The predicted octanol–water partition coefficient (Wildman–Crippen LogP) is 1.58. The Balaban J connectivity index is 2.02. The van der Waals surface area contributed by atoms with Crippen LogP contribution in [0.2, 0.25) is 0 Å². The molecule has 1 aliphatic heterocycles. The van der Waals surface area contributed by atoms with E-state index in [2.05, 4.69) is 5.32 Å². The molecule has 1 heterocycles. The van der Waals surface area contributed by atoms with Gasteiger partial charge in [-0.2, -0.15) is 0 Å². The maximum atomic E-state index is 13.2. The molecule has 1 atom stereocenters. The van der Waals surface area contributed by atoms with E-state index in [0.29, 0.717) is 13.0 Å². The van der Waals surface area contributed by atoms with Crippen LogP contribution < -0.4 is 5.32 Å². The van der Waals surface area contributed by atoms with Crippen molar-refractivity contribution in [3.05, 3.63) is 34.1 Å². The minimum absolute atomic E-state index is 0.0349. The van der Waals surface area contributed by atoms with Crippen LogP contribution in [0.25, 0.3) is 0 Å². The number of halogens is 1. The SMILES string of the molecule is O=[N+]([O-])c1cc(F)cc(NCC2CCS(=O)(=O)C2)c1. The van der Waals surface area contributed by atoms with Crippen molar-refractivity contribution < 1.29 is 17.7 Å². The summed E-state index contributed by atoms with van der Waals surface area (Å²) in [5.74, 6) is -0.455. The van der Waals surface area contributed by atoms with Crippen LogP contribution >= 0.6 is 0 Å². The van der Waals surface area contributed by atoms with Crippen molar-refractivity contribution in [1.29, 1.82) is 0 Å². The summed E-state index contributed by atoms with van der Waals surface area (Å²) < 4.78 is 35.7. The molecule has 1 aromatic rings. The Morgan fingerprint density at radius 1 is 1.42 bits per heavy atom. The molecule has 1 fully saturated rings. The first-order valence-corrected chi connectivity index (χ1v) is 7.57. The van der Waals surface area contributed by atoms with Gasteiger partial charge in [0, 0.05) is 18.3 Å². The highest BCUT2D eigenvalue weighted by Crippen LogP contribution is 2.22. The second-order valence-electron chi connectivity index (χ2n) is 4.61. The van der Waals surface area contributed by atoms with E-state index >= 15 is 0 Å². The highest BCUT2D eigenvalue weighted by atomic mass is 32.2. The Morgan fingerprint density at radius 2 is 2.16 bits per heavy atom. The van der Waals surface area contributed by atoms with Gasteiger partial charge in [-0.3, -0.25) is 10.1 Å². The molecule has 1 aromatic carbocycles. The molecule has 0 aromatic heterocycles. The fourth-order valence-corrected chi connectivity index (χ4v) is 3.94. The number of nitro groups is 1. The summed E-state index contributed by atoms with van der Waals surface area (Å²) in [5.41, 5.74) is -0.0439. The van der Waals surface area contributed by atoms with E-state index in [0.717, 1.165) is 12.1 Å². The standard InChI is InChI=1S/C11H13FN2O4S/c12-9-3-10(5-11(4-9)14(15)16)13-6-8-1-2-19(17,18)7-8/h3-5,8,13H,1-2,6-7H2. The molecule has 2 rings (SSSR count). The summed E-state index contributed by atoms with van der Waals surface area (Å²) in [7, 11) is -2.95. The number of rotatable bonds is 4. The molecule has 0 aliphatic carbocycles. The molecule has 0 radical (unpaired) electrons. The third-order valence-electron chi connectivity index (χ3n) is 3.01. The molecule has 1 N–H and O–H groups in total. The molecule has 0 spiro atoms. The average molecular weight is 288 g/mol. The zero-order valence-electron chi connectivity index (χ0n) is 10.0. The number of nitrogens with one attached hydrogen (secondary N) is 1. The maximum absolute atomic E-state index is 13.2. The van der Waals surface area contributed by atoms with Crippen LogP contribution in [0, 0.1) is 21.8 Å². The normalized spacial score (nSPS) is 21.2. The summed E-state index contributed by atoms with van der Waals surface area (Å²) in [6.07, 6.45) is 0.562. The minimum Gasteiger partial charge on any atom is -0.384 e. The topological polar surface area (TPSA) is 89.3 Å². The Labute approximate surface area is 109 Å². The molecular weight excluding hydrogens is 275 g/mol. The monoisotopic (exact) mass is 288 g/mol. The van der Waals surface area contributed by atoms with Crippen molar-refractivity contribution in [3.63, 3.8) is 0 Å². The zero-order valence-corrected chi connectivity index (χ0v) is 10.8. The number of hydrogen-bond acceptors (Lipinski definition) is 5. The fraction of sp³-hybridized carbons (Fsp3) is 0.455. The zero-order chi connectivity index (χ0) is 14.0. The van der Waals surface area contributed by atoms with Crippen molar-refractivity contribution in [3.8, 4) is 0 Å². The van der Waals surface area contributed by atoms with Crippen LogP contribution in [0.3, 0.4) is 0 Å². The van der Waals surface area contributed by atoms with Gasteiger partial charge in [0.25, 0.3) is 5.69 Å². The van der Waals surface area contributed by atoms with Gasteiger partial charge in [-0.1, -0.05) is 0 Å². The van der Waals surface area contributed by atoms with E-state index in [1.807, 2.05) is 0 Å². The molecule has 1 aliphatic rings. The number of nitrogens with zero attached hydrogens (tertiary/aromatic N) is 1. The van der Waals surface area contributed by atoms with Gasteiger partial charge in [0.1, 0.15) is 5.82 Å². The van der Waals surface area contributed by atoms with Crippen molar-refractivity contribution in [2.75, 3.05) is 23.4 Å². The van der Waals surface area contributed by atoms with Gasteiger partial charge >= 0.3 is 0 Å². The molecule has 104 valence electrons. The molecule has 8 heteroatoms. The molecule has 0 bridgehead atoms. The Hall–Kier alpha value is -1.70. The van der Waals surface area contributed by atoms with Gasteiger partial charge < -0.3 is 5.32 Å². The summed E-state index contributed by atoms with van der Waals surface area (Å²) in [6.45, 7) is 0.361. The van der Waals surface area contributed by atoms with Crippen LogP contribution in [-0.4, -0.2) is 31.4 Å². The third-order valence-corrected chi connectivity index (χ3v) is 4.85. The quantitative estimate of drug-likeness (QED) is 0.671. The second kappa shape index (κ2) is 5.12. The molecule has 1 unspecified atom stereocenters. The summed E-state index contributed by atoms with van der Waals surface area (Å²) >= 11 is 0. The lowest BCUT2D eigenvalue weighted by atomic mass is 10.1. The number of hydrogen-bond donors (Lipinski definition) is 1. The number of sulfone groups is 1. The lowest BCUT2D eigenvalue weighted by molar-refractivity contribution is -0.385. The third kappa shape index (κ3) is 3.63. The number of non-ortho nitro benzene ring substituents is 1. The van der Waals surface area contributed by atoms with E-state index in [1.165, 1.54) is 6.07 Å². The Morgan fingerprint density at radius 3 is 2.74 bits per heavy atom. The summed E-state index contributed by atoms with van der Waals surface area (Å²) in [4.78, 5) is 9.91. The fourth-order valence-electron chi connectivity index (χ4n) is 2.08. The Bertz CT molecular complexity index is 603. The van der Waals surface area contributed by atoms with Crippen molar-refractivity contribution in [2.45, 2.75) is 6.42 Å². The number of benzene rings is 1. The van der Waals surface area contributed by atoms with Crippen molar-refractivity contribution in [1.82, 2.24) is 0 Å². The summed E-state index contributed by atoms with van der Waals surface area (Å²) in [6, 6.07) is 3.22. The molecule has 1 saturated heterocycles. The van der Waals surface area contributed by atoms with Gasteiger partial charge in [-0.05, 0) is 18.4 Å². The highest BCUT2D eigenvalue weighted by molar-refractivity contribution is 7.91. The van der Waals surface area contributed by atoms with Crippen LogP contribution in [0.5, 0.6) is 0 Å². The predicted molar refractivity (Wildman–Crippen MR) is 68.3 cm³/mol. The van der Waals surface area contributed by atoms with Gasteiger partial charge in [0.15, 0.2) is 9.84 Å². The van der Waals surface area contributed by atoms with Crippen molar-refractivity contribution in [2.24, 2.45) is 5.92 Å². The lowest BCUT2D eigenvalue weighted by Crippen LogP contribution is -2.15. The van der Waals surface area contributed by atoms with E-state index in [-0.39, 0.29) is 28.8 Å². The molecular formula is C11H13FN2O4S. The molecule has 0 amide bonds. The largest absolute Gasteiger partial charge is 0.384 e. The van der Waals surface area contributed by atoms with E-state index in [1.54, 1.807) is 0 Å². The first-order valence-electron chi connectivity index (χ1n) is 5.75. The van der Waals surface area contributed by atoms with Gasteiger partial charge in [-0.25, -0.2) is 12.8 Å². The molecule has 6 nitrogen and oxygen atoms in total. The van der Waals surface area contributed by atoms with E-state index in [4.69, 9.17) is 0 Å². The van der Waals surface area contributed by atoms with E-state index in [9.17, 15) is 22.9 Å². The maximum Gasteiger partial charge on any atom is 0.274 e. The van der Waals surface area contributed by atoms with Gasteiger partial charge in [-0.15, -0.1) is 0 Å². The molecule has 19 heavy (non-hydrogen) atoms. The molecule has 0 saturated carbocycles. The minimum atomic E-state index is -2.95. The number of anilines is 1. The van der Waals surface area contributed by atoms with Crippen molar-refractivity contribution >= 4 is 21.2 Å². The van der Waals surface area contributed by atoms with Gasteiger partial charge in [0.2, 0.25) is 0 Å². The average Bonchev–Trinajstić information content (AvgIpc) is 2.65. The highest BCUT2D eigenvalue weighted by Gasteiger charge is 2.27. The summed E-state index contributed by atoms with van der Waals surface area (Å²) in [5, 5.41) is 13.4. The van der Waals surface area contributed by atoms with Crippen LogP contribution in [0.4, 0.5) is 15.8 Å². The Kier molecular flexibility index (Phi) is 3.70.